The minimum absolute atomic E-state index is 0.0508. The third kappa shape index (κ3) is 4.58. The van der Waals surface area contributed by atoms with Crippen LogP contribution in [0.3, 0.4) is 0 Å². The van der Waals surface area contributed by atoms with Gasteiger partial charge in [-0.3, -0.25) is 9.59 Å². The Morgan fingerprint density at radius 2 is 2.11 bits per heavy atom. The molecule has 0 radical (unpaired) electrons. The van der Waals surface area contributed by atoms with Gasteiger partial charge in [-0.15, -0.1) is 11.3 Å². The highest BCUT2D eigenvalue weighted by Gasteiger charge is 2.13. The van der Waals surface area contributed by atoms with Crippen molar-refractivity contribution in [3.63, 3.8) is 0 Å². The van der Waals surface area contributed by atoms with Crippen LogP contribution in [-0.4, -0.2) is 29.4 Å². The first-order valence-corrected chi connectivity index (χ1v) is 6.83. The molecule has 1 amide bonds. The molecule has 4 nitrogen and oxygen atoms in total. The average Bonchev–Trinajstić information content (AvgIpc) is 2.74. The van der Waals surface area contributed by atoms with Gasteiger partial charge in [0.05, 0.1) is 11.0 Å². The van der Waals surface area contributed by atoms with Crippen molar-refractivity contribution in [1.29, 1.82) is 0 Å². The Kier molecular flexibility index (Phi) is 5.50. The van der Waals surface area contributed by atoms with E-state index in [1.165, 1.54) is 18.3 Å². The van der Waals surface area contributed by atoms with E-state index in [1.807, 2.05) is 13.8 Å². The van der Waals surface area contributed by atoms with Gasteiger partial charge in [0.15, 0.2) is 5.78 Å². The maximum Gasteiger partial charge on any atom is 0.261 e. The second kappa shape index (κ2) is 6.66. The second-order valence-electron chi connectivity index (χ2n) is 4.75. The van der Waals surface area contributed by atoms with Crippen molar-refractivity contribution in [2.75, 3.05) is 6.54 Å². The topological polar surface area (TPSA) is 66.4 Å². The van der Waals surface area contributed by atoms with Gasteiger partial charge in [-0.2, -0.15) is 0 Å². The predicted molar refractivity (Wildman–Crippen MR) is 72.1 cm³/mol. The lowest BCUT2D eigenvalue weighted by molar-refractivity contribution is 0.0904. The standard InChI is InChI=1S/C13H19NO3S/c1-8(2)4-11(16)6-14-13(17)12-5-10(7-18-12)9(3)15/h5,7-8,11,16H,4,6H2,1-3H3,(H,14,17). The summed E-state index contributed by atoms with van der Waals surface area (Å²) < 4.78 is 0. The average molecular weight is 269 g/mol. The van der Waals surface area contributed by atoms with Gasteiger partial charge in [-0.1, -0.05) is 13.8 Å². The Balaban J connectivity index is 2.47. The molecule has 1 aromatic heterocycles. The maximum absolute atomic E-state index is 11.7. The van der Waals surface area contributed by atoms with Crippen molar-refractivity contribution in [3.05, 3.63) is 21.9 Å². The summed E-state index contributed by atoms with van der Waals surface area (Å²) in [4.78, 5) is 23.3. The normalized spacial score (nSPS) is 12.5. The molecule has 1 unspecified atom stereocenters. The zero-order valence-electron chi connectivity index (χ0n) is 10.9. The van der Waals surface area contributed by atoms with Crippen molar-refractivity contribution in [2.45, 2.75) is 33.3 Å². The Morgan fingerprint density at radius 1 is 1.44 bits per heavy atom. The van der Waals surface area contributed by atoms with Crippen molar-refractivity contribution < 1.29 is 14.7 Å². The summed E-state index contributed by atoms with van der Waals surface area (Å²) in [5.74, 6) is 0.100. The summed E-state index contributed by atoms with van der Waals surface area (Å²) in [6.07, 6.45) is 0.129. The number of amides is 1. The molecule has 0 aliphatic heterocycles. The molecule has 0 aromatic carbocycles. The summed E-state index contributed by atoms with van der Waals surface area (Å²) in [5.41, 5.74) is 0.549. The number of rotatable bonds is 6. The smallest absolute Gasteiger partial charge is 0.261 e. The fourth-order valence-corrected chi connectivity index (χ4v) is 2.43. The van der Waals surface area contributed by atoms with Gasteiger partial charge in [-0.05, 0) is 25.3 Å². The third-order valence-corrected chi connectivity index (χ3v) is 3.40. The second-order valence-corrected chi connectivity index (χ2v) is 5.66. The number of carbonyl (C=O) groups is 2. The molecule has 18 heavy (non-hydrogen) atoms. The molecule has 0 fully saturated rings. The molecule has 5 heteroatoms. The van der Waals surface area contributed by atoms with Gasteiger partial charge in [-0.25, -0.2) is 0 Å². The van der Waals surface area contributed by atoms with Crippen LogP contribution in [0, 0.1) is 5.92 Å². The monoisotopic (exact) mass is 269 g/mol. The minimum atomic E-state index is -0.527. The first-order chi connectivity index (χ1) is 8.40. The first-order valence-electron chi connectivity index (χ1n) is 5.96. The lowest BCUT2D eigenvalue weighted by atomic mass is 10.1. The van der Waals surface area contributed by atoms with E-state index in [9.17, 15) is 14.7 Å². The zero-order chi connectivity index (χ0) is 13.7. The maximum atomic E-state index is 11.7. The number of nitrogens with one attached hydrogen (secondary N) is 1. The highest BCUT2D eigenvalue weighted by atomic mass is 32.1. The first kappa shape index (κ1) is 14.9. The fraction of sp³-hybridized carbons (Fsp3) is 0.538. The van der Waals surface area contributed by atoms with Crippen LogP contribution in [0.2, 0.25) is 0 Å². The van der Waals surface area contributed by atoms with E-state index in [2.05, 4.69) is 5.32 Å². The number of aliphatic hydroxyl groups is 1. The molecule has 0 saturated heterocycles. The molecule has 0 aliphatic carbocycles. The highest BCUT2D eigenvalue weighted by molar-refractivity contribution is 7.12. The molecule has 1 aromatic rings. The van der Waals surface area contributed by atoms with Crippen LogP contribution >= 0.6 is 11.3 Å². The molecule has 2 N–H and O–H groups in total. The van der Waals surface area contributed by atoms with Gasteiger partial charge in [0.1, 0.15) is 0 Å². The summed E-state index contributed by atoms with van der Waals surface area (Å²) in [5, 5.41) is 14.0. The lowest BCUT2D eigenvalue weighted by Crippen LogP contribution is -2.32. The van der Waals surface area contributed by atoms with Crippen LogP contribution in [0.1, 0.15) is 47.2 Å². The number of Topliss-reactive ketones (excluding diaryl/α,β-unsaturated/α-hetero) is 1. The van der Waals surface area contributed by atoms with E-state index in [0.29, 0.717) is 22.8 Å². The molecule has 0 bridgehead atoms. The van der Waals surface area contributed by atoms with Crippen LogP contribution in [0.25, 0.3) is 0 Å². The Morgan fingerprint density at radius 3 is 2.61 bits per heavy atom. The van der Waals surface area contributed by atoms with Gasteiger partial charge in [0.25, 0.3) is 5.91 Å². The molecular weight excluding hydrogens is 250 g/mol. The van der Waals surface area contributed by atoms with Crippen molar-refractivity contribution in [1.82, 2.24) is 5.32 Å². The molecule has 0 spiro atoms. The van der Waals surface area contributed by atoms with Crippen molar-refractivity contribution in [2.24, 2.45) is 5.92 Å². The third-order valence-electron chi connectivity index (χ3n) is 2.47. The number of carbonyl (C=O) groups excluding carboxylic acids is 2. The predicted octanol–water partition coefficient (Wildman–Crippen LogP) is 2.09. The SMILES string of the molecule is CC(=O)c1csc(C(=O)NCC(O)CC(C)C)c1. The molecule has 0 aliphatic rings. The Bertz CT molecular complexity index is 426. The van der Waals surface area contributed by atoms with Crippen LogP contribution in [-0.2, 0) is 0 Å². The number of hydrogen-bond acceptors (Lipinski definition) is 4. The molecule has 1 rings (SSSR count). The molecule has 1 heterocycles. The number of hydrogen-bond donors (Lipinski definition) is 2. The van der Waals surface area contributed by atoms with Crippen molar-refractivity contribution in [3.8, 4) is 0 Å². The number of ketones is 1. The van der Waals surface area contributed by atoms with Crippen molar-refractivity contribution >= 4 is 23.0 Å². The Labute approximate surface area is 111 Å². The van der Waals surface area contributed by atoms with Crippen LogP contribution in [0.4, 0.5) is 0 Å². The van der Waals surface area contributed by atoms with Crippen LogP contribution < -0.4 is 5.32 Å². The molecular formula is C13H19NO3S. The van der Waals surface area contributed by atoms with Crippen LogP contribution in [0.5, 0.6) is 0 Å². The van der Waals surface area contributed by atoms with Crippen LogP contribution in [0.15, 0.2) is 11.4 Å². The molecule has 100 valence electrons. The van der Waals surface area contributed by atoms with Gasteiger partial charge < -0.3 is 10.4 Å². The molecule has 1 atom stereocenters. The largest absolute Gasteiger partial charge is 0.391 e. The van der Waals surface area contributed by atoms with E-state index in [4.69, 9.17) is 0 Å². The quantitative estimate of drug-likeness (QED) is 0.777. The van der Waals surface area contributed by atoms with Gasteiger partial charge >= 0.3 is 0 Å². The summed E-state index contributed by atoms with van der Waals surface area (Å²) in [6, 6.07) is 1.58. The van der Waals surface area contributed by atoms with Gasteiger partial charge in [0.2, 0.25) is 0 Å². The zero-order valence-corrected chi connectivity index (χ0v) is 11.7. The number of thiophene rings is 1. The number of aliphatic hydroxyl groups excluding tert-OH is 1. The van der Waals surface area contributed by atoms with E-state index in [1.54, 1.807) is 11.4 Å². The summed E-state index contributed by atoms with van der Waals surface area (Å²) >= 11 is 1.24. The Hall–Kier alpha value is -1.20. The van der Waals surface area contributed by atoms with E-state index in [0.717, 1.165) is 0 Å². The summed E-state index contributed by atoms with van der Waals surface area (Å²) in [6.45, 7) is 5.74. The van der Waals surface area contributed by atoms with E-state index < -0.39 is 6.10 Å². The van der Waals surface area contributed by atoms with E-state index in [-0.39, 0.29) is 18.2 Å². The van der Waals surface area contributed by atoms with Gasteiger partial charge in [0, 0.05) is 17.5 Å². The molecule has 0 saturated carbocycles. The highest BCUT2D eigenvalue weighted by Crippen LogP contribution is 2.15. The summed E-state index contributed by atoms with van der Waals surface area (Å²) in [7, 11) is 0. The fourth-order valence-electron chi connectivity index (χ4n) is 1.57. The van der Waals surface area contributed by atoms with E-state index >= 15 is 0 Å². The minimum Gasteiger partial charge on any atom is -0.391 e. The lowest BCUT2D eigenvalue weighted by Gasteiger charge is -2.13.